The van der Waals surface area contributed by atoms with Crippen molar-refractivity contribution in [2.45, 2.75) is 19.5 Å². The largest absolute Gasteiger partial charge is 0.476 e. The zero-order valence-corrected chi connectivity index (χ0v) is 9.82. The number of aromatic carboxylic acids is 1. The first-order valence-electron chi connectivity index (χ1n) is 5.43. The Labute approximate surface area is 104 Å². The normalized spacial score (nSPS) is 12.1. The number of hydrogen-bond donors (Lipinski definition) is 2. The van der Waals surface area contributed by atoms with Crippen LogP contribution in [-0.4, -0.2) is 36.6 Å². The third-order valence-electron chi connectivity index (χ3n) is 2.31. The van der Waals surface area contributed by atoms with E-state index >= 15 is 0 Å². The Balaban J connectivity index is 1.94. The first-order chi connectivity index (χ1) is 8.65. The molecule has 0 aliphatic rings. The quantitative estimate of drug-likeness (QED) is 0.814. The van der Waals surface area contributed by atoms with Crippen molar-refractivity contribution in [3.05, 3.63) is 36.8 Å². The molecule has 7 heteroatoms. The number of carboxylic acid groups (broad SMARTS) is 1. The highest BCUT2D eigenvalue weighted by molar-refractivity contribution is 5.84. The van der Waals surface area contributed by atoms with Crippen LogP contribution in [0.25, 0.3) is 0 Å². The standard InChI is InChI=1S/C11H13N5O2/c1-8(6-16-3-2-12-7-16)15-10-5-13-9(4-14-10)11(17)18/h2-5,7-8H,6H2,1H3,(H,14,15)(H,17,18). The molecule has 0 spiro atoms. The SMILES string of the molecule is CC(Cn1ccnc1)Nc1cnc(C(=O)O)cn1. The molecule has 1 unspecified atom stereocenters. The summed E-state index contributed by atoms with van der Waals surface area (Å²) in [5, 5.41) is 11.8. The number of aromatic nitrogens is 4. The van der Waals surface area contributed by atoms with Gasteiger partial charge in [-0.2, -0.15) is 0 Å². The van der Waals surface area contributed by atoms with E-state index in [2.05, 4.69) is 20.3 Å². The van der Waals surface area contributed by atoms with Gasteiger partial charge in [-0.25, -0.2) is 19.7 Å². The highest BCUT2D eigenvalue weighted by atomic mass is 16.4. The molecule has 0 bridgehead atoms. The molecule has 0 aliphatic heterocycles. The molecular weight excluding hydrogens is 234 g/mol. The van der Waals surface area contributed by atoms with Crippen LogP contribution >= 0.6 is 0 Å². The molecule has 18 heavy (non-hydrogen) atoms. The van der Waals surface area contributed by atoms with Gasteiger partial charge < -0.3 is 15.0 Å². The molecule has 0 aromatic carbocycles. The van der Waals surface area contributed by atoms with Crippen LogP contribution in [0.4, 0.5) is 5.82 Å². The van der Waals surface area contributed by atoms with Crippen LogP contribution in [0.5, 0.6) is 0 Å². The molecule has 7 nitrogen and oxygen atoms in total. The molecule has 0 saturated carbocycles. The summed E-state index contributed by atoms with van der Waals surface area (Å²) in [5.41, 5.74) is -0.0668. The van der Waals surface area contributed by atoms with Crippen LogP contribution < -0.4 is 5.32 Å². The van der Waals surface area contributed by atoms with Crippen molar-refractivity contribution in [2.75, 3.05) is 5.32 Å². The Hall–Kier alpha value is -2.44. The maximum absolute atomic E-state index is 10.6. The minimum Gasteiger partial charge on any atom is -0.476 e. The number of carbonyl (C=O) groups is 1. The molecule has 1 atom stereocenters. The van der Waals surface area contributed by atoms with Crippen LogP contribution in [-0.2, 0) is 6.54 Å². The maximum Gasteiger partial charge on any atom is 0.356 e. The first-order valence-corrected chi connectivity index (χ1v) is 5.43. The Kier molecular flexibility index (Phi) is 3.52. The third-order valence-corrected chi connectivity index (χ3v) is 2.31. The smallest absolute Gasteiger partial charge is 0.356 e. The number of hydrogen-bond acceptors (Lipinski definition) is 5. The summed E-state index contributed by atoms with van der Waals surface area (Å²) in [6.07, 6.45) is 7.96. The fourth-order valence-electron chi connectivity index (χ4n) is 1.52. The number of rotatable bonds is 5. The van der Waals surface area contributed by atoms with Gasteiger partial charge in [-0.3, -0.25) is 0 Å². The van der Waals surface area contributed by atoms with Gasteiger partial charge in [0.15, 0.2) is 5.69 Å². The number of nitrogens with zero attached hydrogens (tertiary/aromatic N) is 4. The topological polar surface area (TPSA) is 92.9 Å². The molecular formula is C11H13N5O2. The second-order valence-corrected chi connectivity index (χ2v) is 3.90. The average Bonchev–Trinajstić information content (AvgIpc) is 2.82. The molecule has 94 valence electrons. The van der Waals surface area contributed by atoms with Crippen LogP contribution in [0.15, 0.2) is 31.1 Å². The number of imidazole rings is 1. The van der Waals surface area contributed by atoms with E-state index in [4.69, 9.17) is 5.11 Å². The summed E-state index contributed by atoms with van der Waals surface area (Å²) in [7, 11) is 0. The molecule has 2 N–H and O–H groups in total. The van der Waals surface area contributed by atoms with Crippen molar-refractivity contribution in [3.63, 3.8) is 0 Å². The number of anilines is 1. The fourth-order valence-corrected chi connectivity index (χ4v) is 1.52. The zero-order valence-electron chi connectivity index (χ0n) is 9.82. The van der Waals surface area contributed by atoms with Gasteiger partial charge in [-0.1, -0.05) is 0 Å². The Morgan fingerprint density at radius 2 is 2.33 bits per heavy atom. The molecule has 0 amide bonds. The van der Waals surface area contributed by atoms with Gasteiger partial charge in [0.05, 0.1) is 18.7 Å². The maximum atomic E-state index is 10.6. The predicted octanol–water partition coefficient (Wildman–Crippen LogP) is 0.872. The van der Waals surface area contributed by atoms with Gasteiger partial charge in [0.2, 0.25) is 0 Å². The number of carboxylic acids is 1. The lowest BCUT2D eigenvalue weighted by molar-refractivity contribution is 0.0690. The minimum absolute atomic E-state index is 0.0668. The van der Waals surface area contributed by atoms with Gasteiger partial charge >= 0.3 is 5.97 Å². The van der Waals surface area contributed by atoms with Gasteiger partial charge in [0, 0.05) is 25.0 Å². The van der Waals surface area contributed by atoms with Gasteiger partial charge in [0.25, 0.3) is 0 Å². The van der Waals surface area contributed by atoms with Crippen molar-refractivity contribution in [2.24, 2.45) is 0 Å². The van der Waals surface area contributed by atoms with Gasteiger partial charge in [-0.15, -0.1) is 0 Å². The predicted molar refractivity (Wildman–Crippen MR) is 64.3 cm³/mol. The molecule has 0 radical (unpaired) electrons. The summed E-state index contributed by atoms with van der Waals surface area (Å²) in [6, 6.07) is 0.129. The van der Waals surface area contributed by atoms with E-state index in [0.29, 0.717) is 5.82 Å². The van der Waals surface area contributed by atoms with E-state index in [9.17, 15) is 4.79 Å². The zero-order chi connectivity index (χ0) is 13.0. The fraction of sp³-hybridized carbons (Fsp3) is 0.273. The van der Waals surface area contributed by atoms with E-state index in [0.717, 1.165) is 6.54 Å². The summed E-state index contributed by atoms with van der Waals surface area (Å²) in [4.78, 5) is 22.3. The third kappa shape index (κ3) is 3.03. The molecule has 0 fully saturated rings. The lowest BCUT2D eigenvalue weighted by atomic mass is 10.3. The molecule has 2 rings (SSSR count). The Bertz CT molecular complexity index is 509. The first kappa shape index (κ1) is 12.0. The van der Waals surface area contributed by atoms with Crippen molar-refractivity contribution in [1.82, 2.24) is 19.5 Å². The monoisotopic (exact) mass is 247 g/mol. The second-order valence-electron chi connectivity index (χ2n) is 3.90. The van der Waals surface area contributed by atoms with Crippen molar-refractivity contribution in [3.8, 4) is 0 Å². The molecule has 2 heterocycles. The van der Waals surface area contributed by atoms with E-state index in [1.54, 1.807) is 12.5 Å². The van der Waals surface area contributed by atoms with Gasteiger partial charge in [0.1, 0.15) is 5.82 Å². The Morgan fingerprint density at radius 1 is 1.50 bits per heavy atom. The van der Waals surface area contributed by atoms with E-state index in [1.807, 2.05) is 17.7 Å². The second kappa shape index (κ2) is 5.26. The van der Waals surface area contributed by atoms with Crippen molar-refractivity contribution < 1.29 is 9.90 Å². The lowest BCUT2D eigenvalue weighted by Gasteiger charge is -2.14. The van der Waals surface area contributed by atoms with Crippen LogP contribution in [0.3, 0.4) is 0 Å². The van der Waals surface area contributed by atoms with E-state index in [-0.39, 0.29) is 11.7 Å². The summed E-state index contributed by atoms with van der Waals surface area (Å²) < 4.78 is 1.94. The van der Waals surface area contributed by atoms with Crippen LogP contribution in [0.1, 0.15) is 17.4 Å². The highest BCUT2D eigenvalue weighted by Gasteiger charge is 2.07. The summed E-state index contributed by atoms with van der Waals surface area (Å²) >= 11 is 0. The summed E-state index contributed by atoms with van der Waals surface area (Å²) in [6.45, 7) is 2.73. The van der Waals surface area contributed by atoms with Crippen molar-refractivity contribution >= 4 is 11.8 Å². The Morgan fingerprint density at radius 3 is 2.89 bits per heavy atom. The molecule has 0 aliphatic carbocycles. The number of nitrogens with one attached hydrogen (secondary N) is 1. The lowest BCUT2D eigenvalue weighted by Crippen LogP contribution is -2.22. The summed E-state index contributed by atoms with van der Waals surface area (Å²) in [5.74, 6) is -0.534. The molecule has 2 aromatic heterocycles. The van der Waals surface area contributed by atoms with E-state index < -0.39 is 5.97 Å². The van der Waals surface area contributed by atoms with E-state index in [1.165, 1.54) is 12.4 Å². The van der Waals surface area contributed by atoms with Crippen molar-refractivity contribution in [1.29, 1.82) is 0 Å². The molecule has 0 saturated heterocycles. The van der Waals surface area contributed by atoms with Crippen LogP contribution in [0.2, 0.25) is 0 Å². The highest BCUT2D eigenvalue weighted by Crippen LogP contribution is 2.04. The van der Waals surface area contributed by atoms with Crippen LogP contribution in [0, 0.1) is 0 Å². The van der Waals surface area contributed by atoms with Gasteiger partial charge in [-0.05, 0) is 6.92 Å². The molecule has 2 aromatic rings. The average molecular weight is 247 g/mol. The minimum atomic E-state index is -1.08.